The van der Waals surface area contributed by atoms with Crippen LogP contribution in [0, 0.1) is 5.82 Å². The molecule has 0 spiro atoms. The monoisotopic (exact) mass is 301 g/mol. The highest BCUT2D eigenvalue weighted by Gasteiger charge is 2.26. The lowest BCUT2D eigenvalue weighted by Crippen LogP contribution is -2.42. The summed E-state index contributed by atoms with van der Waals surface area (Å²) in [5, 5.41) is 13.6. The molecule has 0 bridgehead atoms. The van der Waals surface area contributed by atoms with E-state index in [1.807, 2.05) is 19.2 Å². The van der Waals surface area contributed by atoms with Crippen molar-refractivity contribution < 1.29 is 9.50 Å². The number of rotatable bonds is 5. The zero-order chi connectivity index (χ0) is 13.9. The largest absolute Gasteiger partial charge is 0.388 e. The smallest absolute Gasteiger partial charge is 0.137 e. The minimum atomic E-state index is -0.725. The summed E-state index contributed by atoms with van der Waals surface area (Å²) in [6.07, 6.45) is 2.95. The number of fused-ring (bicyclic) bond motifs is 1. The fourth-order valence-electron chi connectivity index (χ4n) is 2.30. The van der Waals surface area contributed by atoms with Crippen LogP contribution in [0.15, 0.2) is 23.1 Å². The zero-order valence-electron chi connectivity index (χ0n) is 11.3. The third-order valence-corrected chi connectivity index (χ3v) is 5.28. The van der Waals surface area contributed by atoms with Gasteiger partial charge in [-0.15, -0.1) is 11.8 Å². The normalized spacial score (nSPS) is 21.8. The fraction of sp³-hybridized carbons (Fsp3) is 0.571. The molecule has 0 aromatic heterocycles. The highest BCUT2D eigenvalue weighted by molar-refractivity contribution is 7.99. The molecule has 0 saturated carbocycles. The molecule has 2 atom stereocenters. The Morgan fingerprint density at radius 3 is 3.11 bits per heavy atom. The van der Waals surface area contributed by atoms with E-state index in [1.54, 1.807) is 29.6 Å². The Morgan fingerprint density at radius 1 is 1.58 bits per heavy atom. The summed E-state index contributed by atoms with van der Waals surface area (Å²) in [5.74, 6) is 1.47. The van der Waals surface area contributed by atoms with Crippen molar-refractivity contribution in [3.63, 3.8) is 0 Å². The van der Waals surface area contributed by atoms with Crippen LogP contribution in [-0.2, 0) is 0 Å². The highest BCUT2D eigenvalue weighted by atomic mass is 32.2. The summed E-state index contributed by atoms with van der Waals surface area (Å²) < 4.78 is 13.7. The van der Waals surface area contributed by atoms with E-state index in [9.17, 15) is 9.50 Å². The van der Waals surface area contributed by atoms with Crippen LogP contribution >= 0.6 is 23.5 Å². The molecule has 0 amide bonds. The Morgan fingerprint density at radius 2 is 2.37 bits per heavy atom. The SMILES string of the molecule is CSCC(C)(O)CNC1CCSc2c(F)cccc21. The average molecular weight is 301 g/mol. The van der Waals surface area contributed by atoms with Gasteiger partial charge in [-0.25, -0.2) is 4.39 Å². The Hall–Kier alpha value is -0.230. The van der Waals surface area contributed by atoms with Gasteiger partial charge < -0.3 is 10.4 Å². The number of nitrogens with one attached hydrogen (secondary N) is 1. The topological polar surface area (TPSA) is 32.3 Å². The summed E-state index contributed by atoms with van der Waals surface area (Å²) in [6, 6.07) is 5.39. The van der Waals surface area contributed by atoms with E-state index in [0.29, 0.717) is 12.3 Å². The number of hydrogen-bond donors (Lipinski definition) is 2. The molecule has 19 heavy (non-hydrogen) atoms. The molecule has 1 aliphatic rings. The van der Waals surface area contributed by atoms with Gasteiger partial charge in [-0.05, 0) is 37.0 Å². The molecule has 5 heteroatoms. The first-order valence-corrected chi connectivity index (χ1v) is 8.77. The van der Waals surface area contributed by atoms with Crippen molar-refractivity contribution in [1.82, 2.24) is 5.32 Å². The minimum Gasteiger partial charge on any atom is -0.388 e. The van der Waals surface area contributed by atoms with Crippen molar-refractivity contribution in [2.75, 3.05) is 24.3 Å². The van der Waals surface area contributed by atoms with Gasteiger partial charge in [0, 0.05) is 23.2 Å². The highest BCUT2D eigenvalue weighted by Crippen LogP contribution is 2.37. The first-order valence-electron chi connectivity index (χ1n) is 6.39. The molecule has 1 heterocycles. The number of benzene rings is 1. The van der Waals surface area contributed by atoms with Crippen molar-refractivity contribution in [3.8, 4) is 0 Å². The quantitative estimate of drug-likeness (QED) is 0.875. The molecule has 0 saturated heterocycles. The van der Waals surface area contributed by atoms with Gasteiger partial charge in [0.2, 0.25) is 0 Å². The predicted octanol–water partition coefficient (Wildman–Crippen LogP) is 3.07. The maximum Gasteiger partial charge on any atom is 0.137 e. The van der Waals surface area contributed by atoms with E-state index in [1.165, 1.54) is 6.07 Å². The Bertz CT molecular complexity index is 439. The standard InChI is InChI=1S/C14H20FNOS2/c1-14(17,9-18-2)8-16-12-6-7-19-13-10(12)4-3-5-11(13)15/h3-5,12,16-17H,6-9H2,1-2H3. The van der Waals surface area contributed by atoms with Gasteiger partial charge in [0.1, 0.15) is 5.82 Å². The summed E-state index contributed by atoms with van der Waals surface area (Å²) >= 11 is 3.21. The summed E-state index contributed by atoms with van der Waals surface area (Å²) in [5.41, 5.74) is 0.300. The molecule has 2 rings (SSSR count). The van der Waals surface area contributed by atoms with Crippen LogP contribution in [0.4, 0.5) is 4.39 Å². The third-order valence-electron chi connectivity index (χ3n) is 3.21. The molecule has 0 fully saturated rings. The summed E-state index contributed by atoms with van der Waals surface area (Å²) in [7, 11) is 0. The van der Waals surface area contributed by atoms with Gasteiger partial charge >= 0.3 is 0 Å². The lowest BCUT2D eigenvalue weighted by atomic mass is 10.0. The molecule has 1 aromatic rings. The molecule has 2 nitrogen and oxygen atoms in total. The maximum absolute atomic E-state index is 13.7. The molecule has 106 valence electrons. The first kappa shape index (κ1) is 15.2. The van der Waals surface area contributed by atoms with Gasteiger partial charge in [-0.2, -0.15) is 11.8 Å². The Labute approximate surface area is 122 Å². The van der Waals surface area contributed by atoms with E-state index < -0.39 is 5.60 Å². The van der Waals surface area contributed by atoms with Crippen LogP contribution < -0.4 is 5.32 Å². The van der Waals surface area contributed by atoms with Crippen LogP contribution in [0.2, 0.25) is 0 Å². The van der Waals surface area contributed by atoms with Gasteiger partial charge in [0.05, 0.1) is 5.60 Å². The van der Waals surface area contributed by atoms with Crippen molar-refractivity contribution in [3.05, 3.63) is 29.6 Å². The predicted molar refractivity (Wildman–Crippen MR) is 81.5 cm³/mol. The number of halogens is 1. The Balaban J connectivity index is 2.06. The second-order valence-electron chi connectivity index (χ2n) is 5.16. The van der Waals surface area contributed by atoms with Crippen LogP contribution in [-0.4, -0.2) is 35.0 Å². The first-order chi connectivity index (χ1) is 9.03. The van der Waals surface area contributed by atoms with Gasteiger partial charge in [0.25, 0.3) is 0 Å². The van der Waals surface area contributed by atoms with Crippen LogP contribution in [0.3, 0.4) is 0 Å². The molecule has 2 unspecified atom stereocenters. The van der Waals surface area contributed by atoms with Crippen molar-refractivity contribution in [2.45, 2.75) is 29.9 Å². The lowest BCUT2D eigenvalue weighted by molar-refractivity contribution is 0.0810. The van der Waals surface area contributed by atoms with Crippen molar-refractivity contribution in [1.29, 1.82) is 0 Å². The third kappa shape index (κ3) is 3.88. The average Bonchev–Trinajstić information content (AvgIpc) is 2.37. The van der Waals surface area contributed by atoms with Gasteiger partial charge in [0.15, 0.2) is 0 Å². The lowest BCUT2D eigenvalue weighted by Gasteiger charge is -2.30. The van der Waals surface area contributed by atoms with Crippen LogP contribution in [0.1, 0.15) is 24.9 Å². The summed E-state index contributed by atoms with van der Waals surface area (Å²) in [4.78, 5) is 0.760. The molecule has 1 aromatic carbocycles. The van der Waals surface area contributed by atoms with Crippen LogP contribution in [0.5, 0.6) is 0 Å². The number of aliphatic hydroxyl groups is 1. The number of thioether (sulfide) groups is 2. The molecule has 0 radical (unpaired) electrons. The second kappa shape index (κ2) is 6.48. The Kier molecular flexibility index (Phi) is 5.17. The molecular weight excluding hydrogens is 281 g/mol. The van der Waals surface area contributed by atoms with Crippen molar-refractivity contribution >= 4 is 23.5 Å². The fourth-order valence-corrected chi connectivity index (χ4v) is 4.17. The zero-order valence-corrected chi connectivity index (χ0v) is 12.9. The van der Waals surface area contributed by atoms with E-state index in [2.05, 4.69) is 5.32 Å². The molecule has 0 aliphatic carbocycles. The van der Waals surface area contributed by atoms with Crippen LogP contribution in [0.25, 0.3) is 0 Å². The van der Waals surface area contributed by atoms with E-state index in [4.69, 9.17) is 0 Å². The molecular formula is C14H20FNOS2. The van der Waals surface area contributed by atoms with Gasteiger partial charge in [-0.3, -0.25) is 0 Å². The molecule has 2 N–H and O–H groups in total. The second-order valence-corrected chi connectivity index (χ2v) is 7.13. The van der Waals surface area contributed by atoms with E-state index in [0.717, 1.165) is 22.6 Å². The number of hydrogen-bond acceptors (Lipinski definition) is 4. The molecule has 1 aliphatic heterocycles. The van der Waals surface area contributed by atoms with Crippen molar-refractivity contribution in [2.24, 2.45) is 0 Å². The van der Waals surface area contributed by atoms with E-state index >= 15 is 0 Å². The van der Waals surface area contributed by atoms with Gasteiger partial charge in [-0.1, -0.05) is 12.1 Å². The minimum absolute atomic E-state index is 0.134. The van der Waals surface area contributed by atoms with E-state index in [-0.39, 0.29) is 11.9 Å². The maximum atomic E-state index is 13.7. The summed E-state index contributed by atoms with van der Waals surface area (Å²) in [6.45, 7) is 2.36.